The molecule has 1 aliphatic heterocycles. The minimum atomic E-state index is -3.82. The molecular formula is C20H22N4O6S. The summed E-state index contributed by atoms with van der Waals surface area (Å²) in [6, 6.07) is 10.3. The SMILES string of the molecule is CS(=O)(=O)c1ccc(C(=O)Nc2ccccc2N2CCC(C(N)=O)CC2)cc1[N+](=O)[O-]. The van der Waals surface area contributed by atoms with Gasteiger partial charge in [-0.05, 0) is 37.1 Å². The molecule has 0 aliphatic carbocycles. The van der Waals surface area contributed by atoms with E-state index in [0.717, 1.165) is 24.1 Å². The van der Waals surface area contributed by atoms with Crippen LogP contribution in [0.3, 0.4) is 0 Å². The van der Waals surface area contributed by atoms with Gasteiger partial charge in [-0.25, -0.2) is 8.42 Å². The lowest BCUT2D eigenvalue weighted by molar-refractivity contribution is -0.387. The number of carbonyl (C=O) groups excluding carboxylic acids is 2. The largest absolute Gasteiger partial charge is 0.370 e. The number of anilines is 2. The van der Waals surface area contributed by atoms with E-state index >= 15 is 0 Å². The summed E-state index contributed by atoms with van der Waals surface area (Å²) in [4.78, 5) is 36.2. The number of hydrogen-bond donors (Lipinski definition) is 2. The van der Waals surface area contributed by atoms with Crippen molar-refractivity contribution in [2.24, 2.45) is 11.7 Å². The van der Waals surface area contributed by atoms with Gasteiger partial charge >= 0.3 is 0 Å². The topological polar surface area (TPSA) is 153 Å². The Morgan fingerprint density at radius 2 is 1.81 bits per heavy atom. The molecule has 1 heterocycles. The molecule has 3 N–H and O–H groups in total. The van der Waals surface area contributed by atoms with Gasteiger partial charge in [-0.1, -0.05) is 12.1 Å². The summed E-state index contributed by atoms with van der Waals surface area (Å²) < 4.78 is 23.6. The Kier molecular flexibility index (Phi) is 6.25. The minimum Gasteiger partial charge on any atom is -0.370 e. The molecule has 1 aliphatic rings. The van der Waals surface area contributed by atoms with Gasteiger partial charge in [0.1, 0.15) is 4.90 Å². The van der Waals surface area contributed by atoms with E-state index in [4.69, 9.17) is 5.73 Å². The summed E-state index contributed by atoms with van der Waals surface area (Å²) in [5.41, 5.74) is 5.94. The van der Waals surface area contributed by atoms with Crippen LogP contribution in [0.2, 0.25) is 0 Å². The maximum Gasteiger partial charge on any atom is 0.288 e. The van der Waals surface area contributed by atoms with Gasteiger partial charge in [-0.2, -0.15) is 0 Å². The Balaban J connectivity index is 1.84. The number of rotatable bonds is 6. The number of para-hydroxylation sites is 2. The smallest absolute Gasteiger partial charge is 0.288 e. The van der Waals surface area contributed by atoms with Gasteiger partial charge in [-0.15, -0.1) is 0 Å². The minimum absolute atomic E-state index is 0.0404. The highest BCUT2D eigenvalue weighted by molar-refractivity contribution is 7.90. The predicted molar refractivity (Wildman–Crippen MR) is 115 cm³/mol. The van der Waals surface area contributed by atoms with E-state index in [2.05, 4.69) is 5.32 Å². The molecule has 1 saturated heterocycles. The van der Waals surface area contributed by atoms with Crippen molar-refractivity contribution in [2.45, 2.75) is 17.7 Å². The fraction of sp³-hybridized carbons (Fsp3) is 0.300. The van der Waals surface area contributed by atoms with Crippen LogP contribution < -0.4 is 16.0 Å². The Morgan fingerprint density at radius 1 is 1.16 bits per heavy atom. The third-order valence-electron chi connectivity index (χ3n) is 5.21. The number of amides is 2. The number of nitrogens with one attached hydrogen (secondary N) is 1. The molecule has 0 unspecified atom stereocenters. The van der Waals surface area contributed by atoms with Crippen molar-refractivity contribution in [2.75, 3.05) is 29.6 Å². The molecule has 31 heavy (non-hydrogen) atoms. The van der Waals surface area contributed by atoms with Crippen molar-refractivity contribution < 1.29 is 22.9 Å². The van der Waals surface area contributed by atoms with E-state index in [-0.39, 0.29) is 17.4 Å². The summed E-state index contributed by atoms with van der Waals surface area (Å²) in [5.74, 6) is -1.10. The van der Waals surface area contributed by atoms with E-state index < -0.39 is 31.3 Å². The van der Waals surface area contributed by atoms with Crippen LogP contribution in [0.15, 0.2) is 47.4 Å². The van der Waals surface area contributed by atoms with Crippen LogP contribution >= 0.6 is 0 Å². The average molecular weight is 446 g/mol. The molecule has 164 valence electrons. The quantitative estimate of drug-likeness (QED) is 0.508. The number of sulfone groups is 1. The van der Waals surface area contributed by atoms with Crippen molar-refractivity contribution >= 4 is 38.7 Å². The summed E-state index contributed by atoms with van der Waals surface area (Å²) in [7, 11) is -3.82. The number of hydrogen-bond acceptors (Lipinski definition) is 7. The lowest BCUT2D eigenvalue weighted by Gasteiger charge is -2.33. The molecule has 0 atom stereocenters. The Bertz CT molecular complexity index is 1140. The van der Waals surface area contributed by atoms with Crippen molar-refractivity contribution in [3.05, 3.63) is 58.1 Å². The molecular weight excluding hydrogens is 424 g/mol. The van der Waals surface area contributed by atoms with Crippen molar-refractivity contribution in [1.82, 2.24) is 0 Å². The van der Waals surface area contributed by atoms with Crippen LogP contribution in [0.25, 0.3) is 0 Å². The number of nitro benzene ring substituents is 1. The number of nitrogens with two attached hydrogens (primary N) is 1. The van der Waals surface area contributed by atoms with E-state index in [1.807, 2.05) is 17.0 Å². The van der Waals surface area contributed by atoms with Crippen LogP contribution in [0.4, 0.5) is 17.1 Å². The molecule has 0 bridgehead atoms. The maximum absolute atomic E-state index is 12.8. The monoisotopic (exact) mass is 446 g/mol. The van der Waals surface area contributed by atoms with E-state index in [0.29, 0.717) is 31.6 Å². The molecule has 0 aromatic heterocycles. The highest BCUT2D eigenvalue weighted by Crippen LogP contribution is 2.31. The number of primary amides is 1. The van der Waals surface area contributed by atoms with Crippen LogP contribution in [0.1, 0.15) is 23.2 Å². The highest BCUT2D eigenvalue weighted by atomic mass is 32.2. The first kappa shape index (κ1) is 22.2. The zero-order valence-electron chi connectivity index (χ0n) is 16.8. The summed E-state index contributed by atoms with van der Waals surface area (Å²) in [5, 5.41) is 14.0. The van der Waals surface area contributed by atoms with Gasteiger partial charge in [-0.3, -0.25) is 19.7 Å². The second-order valence-electron chi connectivity index (χ2n) is 7.35. The molecule has 0 spiro atoms. The molecule has 2 aromatic carbocycles. The standard InChI is InChI=1S/C20H22N4O6S/c1-31(29,30)18-7-6-14(12-17(18)24(27)28)20(26)22-15-4-2-3-5-16(15)23-10-8-13(9-11-23)19(21)25/h2-7,12-13H,8-11H2,1H3,(H2,21,25)(H,22,26). The van der Waals surface area contributed by atoms with E-state index in [1.165, 1.54) is 6.07 Å². The molecule has 0 radical (unpaired) electrons. The van der Waals surface area contributed by atoms with Crippen LogP contribution in [0, 0.1) is 16.0 Å². The molecule has 3 rings (SSSR count). The van der Waals surface area contributed by atoms with Gasteiger partial charge in [0.05, 0.1) is 16.3 Å². The molecule has 2 amide bonds. The Morgan fingerprint density at radius 3 is 2.39 bits per heavy atom. The highest BCUT2D eigenvalue weighted by Gasteiger charge is 2.26. The normalized spacial score (nSPS) is 14.8. The summed E-state index contributed by atoms with van der Waals surface area (Å²) in [6.45, 7) is 1.18. The lowest BCUT2D eigenvalue weighted by Crippen LogP contribution is -2.38. The van der Waals surface area contributed by atoms with E-state index in [1.54, 1.807) is 12.1 Å². The molecule has 1 fully saturated rings. The number of piperidine rings is 1. The zero-order chi connectivity index (χ0) is 22.8. The second-order valence-corrected chi connectivity index (χ2v) is 9.33. The van der Waals surface area contributed by atoms with Crippen LogP contribution in [-0.4, -0.2) is 44.5 Å². The fourth-order valence-electron chi connectivity index (χ4n) is 3.57. The fourth-order valence-corrected chi connectivity index (χ4v) is 4.40. The molecule has 11 heteroatoms. The first-order valence-electron chi connectivity index (χ1n) is 9.51. The van der Waals surface area contributed by atoms with Gasteiger partial charge in [0, 0.05) is 36.9 Å². The zero-order valence-corrected chi connectivity index (χ0v) is 17.6. The number of nitro groups is 1. The first-order valence-corrected chi connectivity index (χ1v) is 11.4. The summed E-state index contributed by atoms with van der Waals surface area (Å²) >= 11 is 0. The van der Waals surface area contributed by atoms with Crippen molar-refractivity contribution in [3.8, 4) is 0 Å². The first-order chi connectivity index (χ1) is 14.6. The number of benzene rings is 2. The second kappa shape index (κ2) is 8.72. The predicted octanol–water partition coefficient (Wildman–Crippen LogP) is 1.95. The van der Waals surface area contributed by atoms with E-state index in [9.17, 15) is 28.1 Å². The van der Waals surface area contributed by atoms with Crippen LogP contribution in [-0.2, 0) is 14.6 Å². The molecule has 10 nitrogen and oxygen atoms in total. The summed E-state index contributed by atoms with van der Waals surface area (Å²) in [6.07, 6.45) is 2.08. The Hall–Kier alpha value is -3.47. The molecule has 2 aromatic rings. The maximum atomic E-state index is 12.8. The van der Waals surface area contributed by atoms with Crippen molar-refractivity contribution in [3.63, 3.8) is 0 Å². The molecule has 0 saturated carbocycles. The number of nitrogens with zero attached hydrogens (tertiary/aromatic N) is 2. The van der Waals surface area contributed by atoms with Gasteiger partial charge in [0.25, 0.3) is 11.6 Å². The Labute approximate surface area is 179 Å². The van der Waals surface area contributed by atoms with Gasteiger partial charge in [0.15, 0.2) is 9.84 Å². The number of carbonyl (C=O) groups is 2. The third kappa shape index (κ3) is 5.00. The average Bonchev–Trinajstić information content (AvgIpc) is 2.73. The lowest BCUT2D eigenvalue weighted by atomic mass is 9.96. The van der Waals surface area contributed by atoms with Gasteiger partial charge < -0.3 is 16.0 Å². The van der Waals surface area contributed by atoms with Crippen molar-refractivity contribution in [1.29, 1.82) is 0 Å². The van der Waals surface area contributed by atoms with Crippen LogP contribution in [0.5, 0.6) is 0 Å². The van der Waals surface area contributed by atoms with Gasteiger partial charge in [0.2, 0.25) is 5.91 Å². The third-order valence-corrected chi connectivity index (χ3v) is 6.35.